The summed E-state index contributed by atoms with van der Waals surface area (Å²) in [5, 5.41) is 2.83. The zero-order chi connectivity index (χ0) is 15.1. The van der Waals surface area contributed by atoms with Crippen molar-refractivity contribution in [3.05, 3.63) is 28.8 Å². The van der Waals surface area contributed by atoms with Crippen LogP contribution in [0.5, 0.6) is 0 Å². The lowest BCUT2D eigenvalue weighted by atomic mass is 10.2. The SMILES string of the molecule is CCCCNC(=O)C(C)OC(=O)c1cccc(N)c1Cl. The van der Waals surface area contributed by atoms with Gasteiger partial charge in [-0.2, -0.15) is 0 Å². The molecule has 6 heteroatoms. The van der Waals surface area contributed by atoms with Crippen molar-refractivity contribution in [1.82, 2.24) is 5.32 Å². The molecule has 3 N–H and O–H groups in total. The second-order valence-electron chi connectivity index (χ2n) is 4.40. The number of carbonyl (C=O) groups excluding carboxylic acids is 2. The number of nitrogens with two attached hydrogens (primary N) is 1. The minimum Gasteiger partial charge on any atom is -0.449 e. The molecule has 1 aromatic rings. The largest absolute Gasteiger partial charge is 0.449 e. The maximum absolute atomic E-state index is 11.9. The third kappa shape index (κ3) is 4.42. The minimum absolute atomic E-state index is 0.135. The van der Waals surface area contributed by atoms with Gasteiger partial charge in [-0.1, -0.05) is 31.0 Å². The number of amides is 1. The highest BCUT2D eigenvalue weighted by atomic mass is 35.5. The summed E-state index contributed by atoms with van der Waals surface area (Å²) in [5.74, 6) is -0.993. The zero-order valence-electron chi connectivity index (χ0n) is 11.6. The maximum Gasteiger partial charge on any atom is 0.340 e. The second kappa shape index (κ2) is 7.75. The number of hydrogen-bond donors (Lipinski definition) is 2. The summed E-state index contributed by atoms with van der Waals surface area (Å²) in [7, 11) is 0. The van der Waals surface area contributed by atoms with Crippen LogP contribution in [0.4, 0.5) is 5.69 Å². The van der Waals surface area contributed by atoms with Crippen molar-refractivity contribution >= 4 is 29.2 Å². The van der Waals surface area contributed by atoms with Gasteiger partial charge < -0.3 is 15.8 Å². The Morgan fingerprint density at radius 2 is 2.15 bits per heavy atom. The van der Waals surface area contributed by atoms with Gasteiger partial charge in [0.25, 0.3) is 5.91 Å². The lowest BCUT2D eigenvalue weighted by Crippen LogP contribution is -2.36. The highest BCUT2D eigenvalue weighted by Gasteiger charge is 2.20. The van der Waals surface area contributed by atoms with E-state index in [9.17, 15) is 9.59 Å². The van der Waals surface area contributed by atoms with Crippen LogP contribution in [-0.2, 0) is 9.53 Å². The summed E-state index contributed by atoms with van der Waals surface area (Å²) >= 11 is 5.93. The summed E-state index contributed by atoms with van der Waals surface area (Å²) in [6.45, 7) is 4.10. The fourth-order valence-corrected chi connectivity index (χ4v) is 1.72. The van der Waals surface area contributed by atoms with Gasteiger partial charge in [0, 0.05) is 6.54 Å². The van der Waals surface area contributed by atoms with Crippen LogP contribution in [0, 0.1) is 0 Å². The summed E-state index contributed by atoms with van der Waals surface area (Å²) in [6, 6.07) is 4.69. The fraction of sp³-hybridized carbons (Fsp3) is 0.429. The van der Waals surface area contributed by atoms with Gasteiger partial charge in [-0.25, -0.2) is 4.79 Å². The number of esters is 1. The number of nitrogens with one attached hydrogen (secondary N) is 1. The number of nitrogen functional groups attached to an aromatic ring is 1. The fourth-order valence-electron chi connectivity index (χ4n) is 1.52. The highest BCUT2D eigenvalue weighted by Crippen LogP contribution is 2.23. The van der Waals surface area contributed by atoms with Gasteiger partial charge in [-0.15, -0.1) is 0 Å². The molecule has 0 heterocycles. The molecular weight excluding hydrogens is 280 g/mol. The molecule has 110 valence electrons. The smallest absolute Gasteiger partial charge is 0.340 e. The number of carbonyl (C=O) groups is 2. The van der Waals surface area contributed by atoms with Crippen molar-refractivity contribution in [2.24, 2.45) is 0 Å². The van der Waals surface area contributed by atoms with Crippen LogP contribution in [0.1, 0.15) is 37.0 Å². The van der Waals surface area contributed by atoms with Gasteiger partial charge in [0.15, 0.2) is 6.10 Å². The molecule has 1 amide bonds. The van der Waals surface area contributed by atoms with Crippen LogP contribution in [0.25, 0.3) is 0 Å². The van der Waals surface area contributed by atoms with Crippen LogP contribution in [-0.4, -0.2) is 24.5 Å². The van der Waals surface area contributed by atoms with Gasteiger partial charge in [-0.3, -0.25) is 4.79 Å². The molecule has 0 aliphatic rings. The average Bonchev–Trinajstić information content (AvgIpc) is 2.41. The monoisotopic (exact) mass is 298 g/mol. The van der Waals surface area contributed by atoms with E-state index in [4.69, 9.17) is 22.1 Å². The summed E-state index contributed by atoms with van der Waals surface area (Å²) in [4.78, 5) is 23.6. The number of halogens is 1. The minimum atomic E-state index is -0.878. The third-order valence-corrected chi connectivity index (χ3v) is 3.15. The first-order chi connectivity index (χ1) is 9.47. The van der Waals surface area contributed by atoms with Crippen molar-refractivity contribution in [3.63, 3.8) is 0 Å². The molecule has 0 aliphatic carbocycles. The first-order valence-electron chi connectivity index (χ1n) is 6.50. The Balaban J connectivity index is 2.61. The second-order valence-corrected chi connectivity index (χ2v) is 4.78. The molecule has 1 unspecified atom stereocenters. The van der Waals surface area contributed by atoms with E-state index in [2.05, 4.69) is 5.32 Å². The molecule has 5 nitrogen and oxygen atoms in total. The number of unbranched alkanes of at least 4 members (excludes halogenated alkanes) is 1. The number of hydrogen-bond acceptors (Lipinski definition) is 4. The van der Waals surface area contributed by atoms with Crippen LogP contribution in [0.3, 0.4) is 0 Å². The molecule has 0 radical (unpaired) electrons. The molecule has 0 aliphatic heterocycles. The third-order valence-electron chi connectivity index (χ3n) is 2.73. The summed E-state index contributed by atoms with van der Waals surface area (Å²) in [6.07, 6.45) is 0.984. The van der Waals surface area contributed by atoms with Crippen molar-refractivity contribution in [1.29, 1.82) is 0 Å². The van der Waals surface area contributed by atoms with E-state index < -0.39 is 12.1 Å². The molecule has 0 aromatic heterocycles. The first-order valence-corrected chi connectivity index (χ1v) is 6.87. The quantitative estimate of drug-likeness (QED) is 0.480. The van der Waals surface area contributed by atoms with Crippen LogP contribution < -0.4 is 11.1 Å². The molecule has 20 heavy (non-hydrogen) atoms. The lowest BCUT2D eigenvalue weighted by molar-refractivity contribution is -0.129. The van der Waals surface area contributed by atoms with E-state index in [1.807, 2.05) is 6.92 Å². The molecule has 0 saturated carbocycles. The normalized spacial score (nSPS) is 11.8. The number of ether oxygens (including phenoxy) is 1. The average molecular weight is 299 g/mol. The molecular formula is C14H19ClN2O3. The van der Waals surface area contributed by atoms with Crippen LogP contribution in [0.2, 0.25) is 5.02 Å². The Hall–Kier alpha value is -1.75. The number of benzene rings is 1. The Morgan fingerprint density at radius 3 is 2.80 bits per heavy atom. The molecule has 0 spiro atoms. The Kier molecular flexibility index (Phi) is 6.31. The van der Waals surface area contributed by atoms with E-state index in [-0.39, 0.29) is 16.5 Å². The van der Waals surface area contributed by atoms with Crippen molar-refractivity contribution < 1.29 is 14.3 Å². The standard InChI is InChI=1S/C14H19ClN2O3/c1-3-4-8-17-13(18)9(2)20-14(19)10-6-5-7-11(16)12(10)15/h5-7,9H,3-4,8,16H2,1-2H3,(H,17,18). The van der Waals surface area contributed by atoms with Crippen LogP contribution >= 0.6 is 11.6 Å². The molecule has 0 saturated heterocycles. The first kappa shape index (κ1) is 16.3. The van der Waals surface area contributed by atoms with Crippen molar-refractivity contribution in [2.45, 2.75) is 32.8 Å². The zero-order valence-corrected chi connectivity index (χ0v) is 12.4. The molecule has 0 bridgehead atoms. The van der Waals surface area contributed by atoms with Gasteiger partial charge in [-0.05, 0) is 25.5 Å². The van der Waals surface area contributed by atoms with Gasteiger partial charge in [0.1, 0.15) is 0 Å². The van der Waals surface area contributed by atoms with Gasteiger partial charge >= 0.3 is 5.97 Å². The Morgan fingerprint density at radius 1 is 1.45 bits per heavy atom. The Labute approximate surface area is 123 Å². The maximum atomic E-state index is 11.9. The highest BCUT2D eigenvalue weighted by molar-refractivity contribution is 6.36. The topological polar surface area (TPSA) is 81.4 Å². The Bertz CT molecular complexity index is 491. The van der Waals surface area contributed by atoms with E-state index in [0.29, 0.717) is 12.2 Å². The number of rotatable bonds is 6. The molecule has 0 fully saturated rings. The summed E-state index contributed by atoms with van der Waals surface area (Å²) in [5.41, 5.74) is 6.06. The van der Waals surface area contributed by atoms with E-state index >= 15 is 0 Å². The van der Waals surface area contributed by atoms with E-state index in [1.54, 1.807) is 12.1 Å². The van der Waals surface area contributed by atoms with Crippen molar-refractivity contribution in [3.8, 4) is 0 Å². The van der Waals surface area contributed by atoms with Gasteiger partial charge in [0.2, 0.25) is 0 Å². The summed E-state index contributed by atoms with van der Waals surface area (Å²) < 4.78 is 5.07. The molecule has 1 rings (SSSR count). The van der Waals surface area contributed by atoms with Crippen LogP contribution in [0.15, 0.2) is 18.2 Å². The van der Waals surface area contributed by atoms with Crippen molar-refractivity contribution in [2.75, 3.05) is 12.3 Å². The van der Waals surface area contributed by atoms with E-state index in [0.717, 1.165) is 12.8 Å². The molecule has 1 aromatic carbocycles. The predicted octanol–water partition coefficient (Wildman–Crippen LogP) is 2.38. The number of anilines is 1. The van der Waals surface area contributed by atoms with E-state index in [1.165, 1.54) is 13.0 Å². The molecule has 1 atom stereocenters. The van der Waals surface area contributed by atoms with Gasteiger partial charge in [0.05, 0.1) is 16.3 Å². The predicted molar refractivity (Wildman–Crippen MR) is 78.7 cm³/mol. The lowest BCUT2D eigenvalue weighted by Gasteiger charge is -2.14.